The molecule has 3 heteroatoms. The average molecular weight is 392 g/mol. The van der Waals surface area contributed by atoms with Gasteiger partial charge in [-0.3, -0.25) is 4.79 Å². The lowest BCUT2D eigenvalue weighted by atomic mass is 9.48. The first-order chi connectivity index (χ1) is 13.6. The van der Waals surface area contributed by atoms with Crippen LogP contribution in [0.25, 0.3) is 6.08 Å². The predicted octanol–water partition coefficient (Wildman–Crippen LogP) is 6.46. The highest BCUT2D eigenvalue weighted by Gasteiger charge is 2.51. The largest absolute Gasteiger partial charge is 0.323 e. The molecule has 0 saturated heterocycles. The van der Waals surface area contributed by atoms with Crippen molar-refractivity contribution in [3.05, 3.63) is 70.8 Å². The first-order valence-corrected chi connectivity index (χ1v) is 10.8. The van der Waals surface area contributed by atoms with Gasteiger partial charge in [-0.15, -0.1) is 0 Å². The summed E-state index contributed by atoms with van der Waals surface area (Å²) in [6.07, 6.45) is 11.9. The molecule has 4 fully saturated rings. The van der Waals surface area contributed by atoms with E-state index in [0.717, 1.165) is 29.0 Å². The summed E-state index contributed by atoms with van der Waals surface area (Å²) in [4.78, 5) is 12.2. The number of benzene rings is 2. The van der Waals surface area contributed by atoms with Crippen LogP contribution in [0.5, 0.6) is 0 Å². The molecule has 2 aromatic carbocycles. The van der Waals surface area contributed by atoms with Crippen LogP contribution in [0.15, 0.2) is 54.6 Å². The van der Waals surface area contributed by atoms with E-state index in [-0.39, 0.29) is 5.91 Å². The first kappa shape index (κ1) is 18.0. The van der Waals surface area contributed by atoms with Gasteiger partial charge in [0.05, 0.1) is 0 Å². The van der Waals surface area contributed by atoms with Crippen LogP contribution in [0.4, 0.5) is 5.69 Å². The second-order valence-electron chi connectivity index (χ2n) is 9.15. The molecule has 1 N–H and O–H groups in total. The monoisotopic (exact) mass is 391 g/mol. The van der Waals surface area contributed by atoms with Gasteiger partial charge in [-0.25, -0.2) is 0 Å². The Hall–Kier alpha value is -2.06. The Kier molecular flexibility index (Phi) is 4.55. The third-order valence-electron chi connectivity index (χ3n) is 7.10. The molecule has 0 atom stereocenters. The van der Waals surface area contributed by atoms with Crippen LogP contribution in [0.1, 0.15) is 49.7 Å². The summed E-state index contributed by atoms with van der Waals surface area (Å²) >= 11 is 5.89. The molecule has 6 rings (SSSR count). The van der Waals surface area contributed by atoms with E-state index in [4.69, 9.17) is 11.6 Å². The first-order valence-electron chi connectivity index (χ1n) is 10.4. The van der Waals surface area contributed by atoms with Gasteiger partial charge in [-0.2, -0.15) is 0 Å². The van der Waals surface area contributed by atoms with Crippen LogP contribution in [-0.2, 0) is 10.2 Å². The summed E-state index contributed by atoms with van der Waals surface area (Å²) in [6.45, 7) is 0. The molecule has 4 saturated carbocycles. The smallest absolute Gasteiger partial charge is 0.248 e. The van der Waals surface area contributed by atoms with E-state index in [1.165, 1.54) is 44.1 Å². The highest BCUT2D eigenvalue weighted by atomic mass is 35.5. The van der Waals surface area contributed by atoms with E-state index in [1.807, 2.05) is 24.3 Å². The van der Waals surface area contributed by atoms with Crippen molar-refractivity contribution < 1.29 is 4.79 Å². The van der Waals surface area contributed by atoms with Crippen LogP contribution in [0, 0.1) is 17.8 Å². The lowest BCUT2D eigenvalue weighted by Gasteiger charge is -2.57. The van der Waals surface area contributed by atoms with Crippen molar-refractivity contribution in [3.8, 4) is 0 Å². The van der Waals surface area contributed by atoms with Gasteiger partial charge >= 0.3 is 0 Å². The molecule has 0 spiro atoms. The molecule has 0 aromatic heterocycles. The van der Waals surface area contributed by atoms with Crippen LogP contribution in [0.3, 0.4) is 0 Å². The van der Waals surface area contributed by atoms with E-state index in [9.17, 15) is 4.79 Å². The number of hydrogen-bond donors (Lipinski definition) is 1. The van der Waals surface area contributed by atoms with E-state index < -0.39 is 0 Å². The second-order valence-corrected chi connectivity index (χ2v) is 9.59. The zero-order chi connectivity index (χ0) is 19.1. The molecule has 4 aliphatic carbocycles. The minimum Gasteiger partial charge on any atom is -0.323 e. The fourth-order valence-electron chi connectivity index (χ4n) is 6.30. The Morgan fingerprint density at radius 2 is 1.46 bits per heavy atom. The summed E-state index contributed by atoms with van der Waals surface area (Å²) in [5.41, 5.74) is 3.71. The molecule has 28 heavy (non-hydrogen) atoms. The Balaban J connectivity index is 1.25. The Morgan fingerprint density at radius 3 is 2.04 bits per heavy atom. The Morgan fingerprint density at radius 1 is 0.893 bits per heavy atom. The molecular weight excluding hydrogens is 366 g/mol. The van der Waals surface area contributed by atoms with Crippen LogP contribution >= 0.6 is 11.6 Å². The minimum atomic E-state index is -0.113. The van der Waals surface area contributed by atoms with Gasteiger partial charge in [0.25, 0.3) is 0 Å². The van der Waals surface area contributed by atoms with Crippen LogP contribution in [0.2, 0.25) is 5.02 Å². The number of halogens is 1. The zero-order valence-electron chi connectivity index (χ0n) is 16.0. The van der Waals surface area contributed by atoms with Gasteiger partial charge in [-0.1, -0.05) is 35.9 Å². The third-order valence-corrected chi connectivity index (χ3v) is 7.35. The van der Waals surface area contributed by atoms with Gasteiger partial charge in [0.1, 0.15) is 0 Å². The highest BCUT2D eigenvalue weighted by Crippen LogP contribution is 2.60. The molecule has 1 amide bonds. The molecule has 0 radical (unpaired) electrons. The standard InChI is InChI=1S/C25H26ClNO/c26-22-6-1-17(2-7-22)3-10-24(28)27-23-8-4-21(5-9-23)25-14-18-11-19(15-25)13-20(12-18)16-25/h1-10,18-20H,11-16H2,(H,27,28)/b10-3+. The van der Waals surface area contributed by atoms with Crippen LogP contribution < -0.4 is 5.32 Å². The fourth-order valence-corrected chi connectivity index (χ4v) is 6.43. The van der Waals surface area contributed by atoms with Crippen molar-refractivity contribution in [2.75, 3.05) is 5.32 Å². The number of carbonyl (C=O) groups excluding carboxylic acids is 1. The van der Waals surface area contributed by atoms with E-state index in [1.54, 1.807) is 12.2 Å². The lowest BCUT2D eigenvalue weighted by molar-refractivity contribution is -0.111. The Labute approximate surface area is 172 Å². The normalized spacial score (nSPS) is 30.7. The maximum Gasteiger partial charge on any atom is 0.248 e. The van der Waals surface area contributed by atoms with Crippen molar-refractivity contribution in [1.82, 2.24) is 0 Å². The fraction of sp³-hybridized carbons (Fsp3) is 0.400. The van der Waals surface area contributed by atoms with Crippen molar-refractivity contribution in [2.24, 2.45) is 17.8 Å². The summed E-state index contributed by atoms with van der Waals surface area (Å²) in [5.74, 6) is 2.73. The molecule has 144 valence electrons. The maximum absolute atomic E-state index is 12.2. The highest BCUT2D eigenvalue weighted by molar-refractivity contribution is 6.30. The molecular formula is C25H26ClNO. The summed E-state index contributed by atoms with van der Waals surface area (Å²) in [5, 5.41) is 3.67. The number of nitrogens with one attached hydrogen (secondary N) is 1. The lowest BCUT2D eigenvalue weighted by Crippen LogP contribution is -2.48. The summed E-state index contributed by atoms with van der Waals surface area (Å²) < 4.78 is 0. The molecule has 2 nitrogen and oxygen atoms in total. The molecule has 2 aromatic rings. The molecule has 4 aliphatic rings. The molecule has 4 bridgehead atoms. The summed E-state index contributed by atoms with van der Waals surface area (Å²) in [7, 11) is 0. The average Bonchev–Trinajstić information content (AvgIpc) is 2.67. The number of hydrogen-bond acceptors (Lipinski definition) is 1. The number of carbonyl (C=O) groups is 1. The van der Waals surface area contributed by atoms with Crippen molar-refractivity contribution in [1.29, 1.82) is 0 Å². The van der Waals surface area contributed by atoms with Gasteiger partial charge in [-0.05, 0) is 103 Å². The van der Waals surface area contributed by atoms with Gasteiger partial charge in [0.2, 0.25) is 5.91 Å². The van der Waals surface area contributed by atoms with Gasteiger partial charge < -0.3 is 5.32 Å². The van der Waals surface area contributed by atoms with Crippen molar-refractivity contribution in [3.63, 3.8) is 0 Å². The van der Waals surface area contributed by atoms with E-state index in [0.29, 0.717) is 10.4 Å². The van der Waals surface area contributed by atoms with Gasteiger partial charge in [0, 0.05) is 16.8 Å². The molecule has 0 aliphatic heterocycles. The quantitative estimate of drug-likeness (QED) is 0.595. The zero-order valence-corrected chi connectivity index (χ0v) is 16.8. The Bertz CT molecular complexity index is 862. The maximum atomic E-state index is 12.2. The van der Waals surface area contributed by atoms with Crippen molar-refractivity contribution in [2.45, 2.75) is 43.9 Å². The predicted molar refractivity (Wildman–Crippen MR) is 115 cm³/mol. The SMILES string of the molecule is O=C(/C=C/c1ccc(Cl)cc1)Nc1ccc(C23CC4CC(CC(C4)C2)C3)cc1. The third kappa shape index (κ3) is 3.51. The molecule has 0 heterocycles. The second kappa shape index (κ2) is 7.08. The minimum absolute atomic E-state index is 0.113. The van der Waals surface area contributed by atoms with Gasteiger partial charge in [0.15, 0.2) is 0 Å². The van der Waals surface area contributed by atoms with E-state index >= 15 is 0 Å². The number of amides is 1. The number of anilines is 1. The topological polar surface area (TPSA) is 29.1 Å². The van der Waals surface area contributed by atoms with Crippen LogP contribution in [-0.4, -0.2) is 5.91 Å². The molecule has 0 unspecified atom stereocenters. The number of rotatable bonds is 4. The van der Waals surface area contributed by atoms with E-state index in [2.05, 4.69) is 29.6 Å². The van der Waals surface area contributed by atoms with Crippen molar-refractivity contribution >= 4 is 29.3 Å². The summed E-state index contributed by atoms with van der Waals surface area (Å²) in [6, 6.07) is 16.1.